The number of aliphatic hydroxyl groups excluding tert-OH is 1. The summed E-state index contributed by atoms with van der Waals surface area (Å²) >= 11 is 0. The van der Waals surface area contributed by atoms with E-state index in [9.17, 15) is 19.8 Å². The number of carboxylic acids is 1. The standard InChI is InChI=1S/C14H21NO4/c1-15(8-9-6-10(16)7-9)13(17)11-4-2-3-5-12(11)14(18)19/h2-3,9-12,16H,4-8H2,1H3,(H,18,19)/t9?,10?,11-,12+/m1/s1. The molecule has 106 valence electrons. The molecule has 0 spiro atoms. The maximum Gasteiger partial charge on any atom is 0.307 e. The number of nitrogens with zero attached hydrogens (tertiary/aromatic N) is 1. The summed E-state index contributed by atoms with van der Waals surface area (Å²) in [6, 6.07) is 0. The van der Waals surface area contributed by atoms with Gasteiger partial charge < -0.3 is 15.1 Å². The molecule has 2 atom stereocenters. The quantitative estimate of drug-likeness (QED) is 0.741. The molecule has 5 nitrogen and oxygen atoms in total. The van der Waals surface area contributed by atoms with Crippen LogP contribution in [0.4, 0.5) is 0 Å². The summed E-state index contributed by atoms with van der Waals surface area (Å²) in [7, 11) is 1.73. The SMILES string of the molecule is CN(CC1CC(O)C1)C(=O)[C@@H]1CC=CC[C@@H]1C(=O)O. The predicted octanol–water partition coefficient (Wildman–Crippen LogP) is 0.883. The van der Waals surface area contributed by atoms with Gasteiger partial charge in [-0.15, -0.1) is 0 Å². The highest BCUT2D eigenvalue weighted by Gasteiger charge is 2.37. The van der Waals surface area contributed by atoms with E-state index in [1.165, 1.54) is 0 Å². The minimum absolute atomic E-state index is 0.0851. The normalized spacial score (nSPS) is 33.6. The Balaban J connectivity index is 1.93. The zero-order valence-electron chi connectivity index (χ0n) is 11.2. The van der Waals surface area contributed by atoms with Gasteiger partial charge in [0.1, 0.15) is 0 Å². The second-order valence-corrected chi connectivity index (χ2v) is 5.70. The monoisotopic (exact) mass is 267 g/mol. The summed E-state index contributed by atoms with van der Waals surface area (Å²) in [5, 5.41) is 18.4. The van der Waals surface area contributed by atoms with Crippen molar-refractivity contribution < 1.29 is 19.8 Å². The molecule has 0 radical (unpaired) electrons. The Morgan fingerprint density at radius 1 is 1.21 bits per heavy atom. The first-order chi connectivity index (χ1) is 8.99. The molecule has 1 saturated carbocycles. The van der Waals surface area contributed by atoms with E-state index in [1.54, 1.807) is 11.9 Å². The van der Waals surface area contributed by atoms with Crippen LogP contribution in [0.3, 0.4) is 0 Å². The van der Waals surface area contributed by atoms with E-state index in [-0.39, 0.29) is 12.0 Å². The van der Waals surface area contributed by atoms with Crippen LogP contribution in [0.2, 0.25) is 0 Å². The number of hydrogen-bond donors (Lipinski definition) is 2. The molecule has 1 fully saturated rings. The smallest absolute Gasteiger partial charge is 0.307 e. The molecular weight excluding hydrogens is 246 g/mol. The van der Waals surface area contributed by atoms with Crippen LogP contribution in [-0.2, 0) is 9.59 Å². The van der Waals surface area contributed by atoms with Crippen molar-refractivity contribution >= 4 is 11.9 Å². The predicted molar refractivity (Wildman–Crippen MR) is 69.4 cm³/mol. The van der Waals surface area contributed by atoms with Crippen molar-refractivity contribution in [1.82, 2.24) is 4.90 Å². The van der Waals surface area contributed by atoms with E-state index in [2.05, 4.69) is 0 Å². The average Bonchev–Trinajstić information content (AvgIpc) is 2.35. The Morgan fingerprint density at radius 2 is 1.79 bits per heavy atom. The molecule has 0 unspecified atom stereocenters. The first-order valence-corrected chi connectivity index (χ1v) is 6.80. The lowest BCUT2D eigenvalue weighted by Gasteiger charge is -2.36. The molecule has 2 aliphatic carbocycles. The van der Waals surface area contributed by atoms with Crippen LogP contribution >= 0.6 is 0 Å². The summed E-state index contributed by atoms with van der Waals surface area (Å²) in [5.74, 6) is -1.68. The van der Waals surface area contributed by atoms with Crippen molar-refractivity contribution in [3.8, 4) is 0 Å². The molecule has 0 aromatic heterocycles. The van der Waals surface area contributed by atoms with E-state index in [0.29, 0.717) is 25.3 Å². The molecule has 0 saturated heterocycles. The highest BCUT2D eigenvalue weighted by Crippen LogP contribution is 2.30. The van der Waals surface area contributed by atoms with Gasteiger partial charge in [-0.3, -0.25) is 9.59 Å². The van der Waals surface area contributed by atoms with Gasteiger partial charge in [-0.05, 0) is 31.6 Å². The molecule has 5 heteroatoms. The molecule has 19 heavy (non-hydrogen) atoms. The zero-order valence-corrected chi connectivity index (χ0v) is 11.2. The Kier molecular flexibility index (Phi) is 4.24. The third kappa shape index (κ3) is 3.15. The van der Waals surface area contributed by atoms with Gasteiger partial charge in [0.15, 0.2) is 0 Å². The van der Waals surface area contributed by atoms with Crippen LogP contribution in [0.25, 0.3) is 0 Å². The van der Waals surface area contributed by atoms with Gasteiger partial charge in [0.2, 0.25) is 5.91 Å². The maximum atomic E-state index is 12.3. The van der Waals surface area contributed by atoms with Gasteiger partial charge in [-0.25, -0.2) is 0 Å². The fourth-order valence-electron chi connectivity index (χ4n) is 2.97. The highest BCUT2D eigenvalue weighted by molar-refractivity contribution is 5.85. The molecule has 2 aliphatic rings. The Hall–Kier alpha value is -1.36. The van der Waals surface area contributed by atoms with Gasteiger partial charge in [0.05, 0.1) is 17.9 Å². The first-order valence-electron chi connectivity index (χ1n) is 6.80. The molecule has 0 heterocycles. The van der Waals surface area contributed by atoms with Crippen LogP contribution < -0.4 is 0 Å². The van der Waals surface area contributed by atoms with E-state index >= 15 is 0 Å². The van der Waals surface area contributed by atoms with E-state index < -0.39 is 17.8 Å². The van der Waals surface area contributed by atoms with Crippen molar-refractivity contribution in [2.75, 3.05) is 13.6 Å². The number of carbonyl (C=O) groups excluding carboxylic acids is 1. The third-order valence-corrected chi connectivity index (χ3v) is 4.19. The van der Waals surface area contributed by atoms with Gasteiger partial charge in [-0.2, -0.15) is 0 Å². The lowest BCUT2D eigenvalue weighted by Crippen LogP contribution is -2.44. The summed E-state index contributed by atoms with van der Waals surface area (Å²) in [6.07, 6.45) is 5.93. The molecule has 1 amide bonds. The van der Waals surface area contributed by atoms with Crippen LogP contribution in [0.5, 0.6) is 0 Å². The number of carboxylic acid groups (broad SMARTS) is 1. The number of aliphatic carboxylic acids is 1. The summed E-state index contributed by atoms with van der Waals surface area (Å²) in [5.41, 5.74) is 0. The highest BCUT2D eigenvalue weighted by atomic mass is 16.4. The van der Waals surface area contributed by atoms with Crippen LogP contribution in [0.15, 0.2) is 12.2 Å². The molecular formula is C14H21NO4. The number of allylic oxidation sites excluding steroid dienone is 2. The van der Waals surface area contributed by atoms with E-state index in [4.69, 9.17) is 0 Å². The second kappa shape index (κ2) is 5.74. The molecule has 0 aromatic carbocycles. The Labute approximate surface area is 112 Å². The molecule has 2 rings (SSSR count). The van der Waals surface area contributed by atoms with Gasteiger partial charge in [0, 0.05) is 13.6 Å². The summed E-state index contributed by atoms with van der Waals surface area (Å²) in [6.45, 7) is 0.614. The van der Waals surface area contributed by atoms with Crippen LogP contribution in [-0.4, -0.2) is 46.7 Å². The second-order valence-electron chi connectivity index (χ2n) is 5.70. The fraction of sp³-hybridized carbons (Fsp3) is 0.714. The zero-order chi connectivity index (χ0) is 14.0. The van der Waals surface area contributed by atoms with Crippen molar-refractivity contribution in [3.63, 3.8) is 0 Å². The topological polar surface area (TPSA) is 77.8 Å². The van der Waals surface area contributed by atoms with Crippen molar-refractivity contribution in [2.24, 2.45) is 17.8 Å². The first kappa shape index (κ1) is 14.1. The number of carbonyl (C=O) groups is 2. The van der Waals surface area contributed by atoms with E-state index in [1.807, 2.05) is 12.2 Å². The van der Waals surface area contributed by atoms with Crippen molar-refractivity contribution in [2.45, 2.75) is 31.8 Å². The van der Waals surface area contributed by atoms with Crippen LogP contribution in [0.1, 0.15) is 25.7 Å². The minimum Gasteiger partial charge on any atom is -0.481 e. The molecule has 0 aromatic rings. The number of hydrogen-bond acceptors (Lipinski definition) is 3. The number of rotatable bonds is 4. The number of amides is 1. The largest absolute Gasteiger partial charge is 0.481 e. The summed E-state index contributed by atoms with van der Waals surface area (Å²) in [4.78, 5) is 25.2. The lowest BCUT2D eigenvalue weighted by molar-refractivity contribution is -0.150. The lowest BCUT2D eigenvalue weighted by atomic mass is 9.80. The number of aliphatic hydroxyl groups is 1. The fourth-order valence-corrected chi connectivity index (χ4v) is 2.97. The maximum absolute atomic E-state index is 12.3. The Morgan fingerprint density at radius 3 is 2.32 bits per heavy atom. The summed E-state index contributed by atoms with van der Waals surface area (Å²) < 4.78 is 0. The van der Waals surface area contributed by atoms with Gasteiger partial charge in [-0.1, -0.05) is 12.2 Å². The van der Waals surface area contributed by atoms with Gasteiger partial charge >= 0.3 is 5.97 Å². The molecule has 0 bridgehead atoms. The Bertz CT molecular complexity index is 387. The average molecular weight is 267 g/mol. The third-order valence-electron chi connectivity index (χ3n) is 4.19. The van der Waals surface area contributed by atoms with E-state index in [0.717, 1.165) is 12.8 Å². The molecule has 2 N–H and O–H groups in total. The minimum atomic E-state index is -0.893. The van der Waals surface area contributed by atoms with Crippen LogP contribution in [0, 0.1) is 17.8 Å². The van der Waals surface area contributed by atoms with Crippen molar-refractivity contribution in [3.05, 3.63) is 12.2 Å². The van der Waals surface area contributed by atoms with Gasteiger partial charge in [0.25, 0.3) is 0 Å². The van der Waals surface area contributed by atoms with Crippen molar-refractivity contribution in [1.29, 1.82) is 0 Å². The molecule has 0 aliphatic heterocycles.